The van der Waals surface area contributed by atoms with Crippen LogP contribution >= 0.6 is 11.8 Å². The second-order valence-electron chi connectivity index (χ2n) is 7.01. The van der Waals surface area contributed by atoms with Crippen molar-refractivity contribution in [2.45, 2.75) is 5.16 Å². The largest absolute Gasteiger partial charge is 0.489 e. The molecule has 1 amide bonds. The average molecular weight is 447 g/mol. The topological polar surface area (TPSA) is 73.1 Å². The molecule has 32 heavy (non-hydrogen) atoms. The molecule has 0 atom stereocenters. The maximum atomic E-state index is 13.5. The summed E-state index contributed by atoms with van der Waals surface area (Å²) in [6.45, 7) is 0.725. The Morgan fingerprint density at radius 1 is 1.09 bits per heavy atom. The van der Waals surface area contributed by atoms with E-state index in [0.717, 1.165) is 11.3 Å². The van der Waals surface area contributed by atoms with E-state index in [2.05, 4.69) is 15.2 Å². The summed E-state index contributed by atoms with van der Waals surface area (Å²) < 4.78 is 20.9. The number of hydrogen-bond donors (Lipinski definition) is 0. The molecule has 0 fully saturated rings. The third kappa shape index (κ3) is 3.94. The van der Waals surface area contributed by atoms with Gasteiger partial charge in [-0.1, -0.05) is 30.0 Å². The highest BCUT2D eigenvalue weighted by molar-refractivity contribution is 7.99. The lowest BCUT2D eigenvalue weighted by molar-refractivity contribution is -0.116. The predicted molar refractivity (Wildman–Crippen MR) is 120 cm³/mol. The number of anilines is 1. The maximum Gasteiger partial charge on any atom is 0.237 e. The number of ether oxygens (including phenoxy) is 1. The number of aromatic nitrogens is 4. The number of carbonyl (C=O) groups excluding carboxylic acids is 1. The Hall–Kier alpha value is -3.72. The van der Waals surface area contributed by atoms with Gasteiger partial charge in [0.15, 0.2) is 11.0 Å². The zero-order chi connectivity index (χ0) is 21.9. The van der Waals surface area contributed by atoms with Crippen LogP contribution in [0.15, 0.2) is 78.2 Å². The van der Waals surface area contributed by atoms with Gasteiger partial charge in [0, 0.05) is 29.7 Å². The maximum absolute atomic E-state index is 13.5. The van der Waals surface area contributed by atoms with E-state index < -0.39 is 5.82 Å². The number of amides is 1. The molecule has 2 aromatic carbocycles. The highest BCUT2D eigenvalue weighted by atomic mass is 32.2. The van der Waals surface area contributed by atoms with Gasteiger partial charge in [-0.25, -0.2) is 4.39 Å². The first-order valence-electron chi connectivity index (χ1n) is 9.97. The molecule has 0 saturated heterocycles. The van der Waals surface area contributed by atoms with Crippen LogP contribution in [0.1, 0.15) is 0 Å². The van der Waals surface area contributed by atoms with Crippen LogP contribution in [0.5, 0.6) is 5.75 Å². The van der Waals surface area contributed by atoms with E-state index in [1.54, 1.807) is 23.4 Å². The van der Waals surface area contributed by atoms with Crippen molar-refractivity contribution in [3.05, 3.63) is 78.9 Å². The van der Waals surface area contributed by atoms with Crippen LogP contribution in [0, 0.1) is 5.82 Å². The number of fused-ring (bicyclic) bond motifs is 1. The Labute approximate surface area is 187 Å². The van der Waals surface area contributed by atoms with E-state index in [4.69, 9.17) is 4.74 Å². The summed E-state index contributed by atoms with van der Waals surface area (Å²) in [7, 11) is 0. The van der Waals surface area contributed by atoms with Crippen molar-refractivity contribution in [1.29, 1.82) is 0 Å². The van der Waals surface area contributed by atoms with Gasteiger partial charge in [0.2, 0.25) is 5.91 Å². The van der Waals surface area contributed by atoms with Crippen LogP contribution in [0.4, 0.5) is 10.1 Å². The van der Waals surface area contributed by atoms with Crippen LogP contribution in [0.25, 0.3) is 17.1 Å². The van der Waals surface area contributed by atoms with Crippen molar-refractivity contribution >= 4 is 23.4 Å². The summed E-state index contributed by atoms with van der Waals surface area (Å²) in [4.78, 5) is 18.8. The molecular weight excluding hydrogens is 429 g/mol. The molecule has 5 rings (SSSR count). The van der Waals surface area contributed by atoms with Crippen molar-refractivity contribution in [3.8, 4) is 22.8 Å². The minimum absolute atomic E-state index is 0.114. The summed E-state index contributed by atoms with van der Waals surface area (Å²) in [5.41, 5.74) is 2.29. The van der Waals surface area contributed by atoms with Gasteiger partial charge in [0.1, 0.15) is 18.2 Å². The Kier molecular flexibility index (Phi) is 5.55. The van der Waals surface area contributed by atoms with Gasteiger partial charge in [0.05, 0.1) is 18.0 Å². The standard InChI is InChI=1S/C23H18FN5O2S/c24-17-8-9-19-20(13-17)31-12-11-28(19)21(30)15-32-23-27-26-22(16-5-4-10-25-14-16)29(23)18-6-2-1-3-7-18/h1-10,13-14H,11-12,15H2. The third-order valence-corrected chi connectivity index (χ3v) is 5.89. The zero-order valence-electron chi connectivity index (χ0n) is 16.9. The quantitative estimate of drug-likeness (QED) is 0.431. The highest BCUT2D eigenvalue weighted by Gasteiger charge is 2.25. The number of benzene rings is 2. The van der Waals surface area contributed by atoms with Crippen LogP contribution in [-0.4, -0.2) is 44.6 Å². The number of carbonyl (C=O) groups is 1. The molecule has 3 heterocycles. The Morgan fingerprint density at radius 3 is 2.78 bits per heavy atom. The molecule has 0 bridgehead atoms. The highest BCUT2D eigenvalue weighted by Crippen LogP contribution is 2.33. The number of nitrogens with zero attached hydrogens (tertiary/aromatic N) is 5. The lowest BCUT2D eigenvalue weighted by atomic mass is 10.2. The molecule has 0 spiro atoms. The van der Waals surface area contributed by atoms with E-state index in [1.165, 1.54) is 23.9 Å². The van der Waals surface area contributed by atoms with Crippen LogP contribution in [0.3, 0.4) is 0 Å². The van der Waals surface area contributed by atoms with Gasteiger partial charge in [-0.05, 0) is 36.4 Å². The second-order valence-corrected chi connectivity index (χ2v) is 7.96. The van der Waals surface area contributed by atoms with Gasteiger partial charge < -0.3 is 9.64 Å². The smallest absolute Gasteiger partial charge is 0.237 e. The average Bonchev–Trinajstić information content (AvgIpc) is 3.27. The van der Waals surface area contributed by atoms with E-state index >= 15 is 0 Å². The van der Waals surface area contributed by atoms with Crippen molar-refractivity contribution in [1.82, 2.24) is 19.7 Å². The number of halogens is 1. The lowest BCUT2D eigenvalue weighted by Gasteiger charge is -2.29. The zero-order valence-corrected chi connectivity index (χ0v) is 17.7. The Balaban J connectivity index is 1.42. The number of thioether (sulfide) groups is 1. The number of rotatable bonds is 5. The summed E-state index contributed by atoms with van der Waals surface area (Å²) >= 11 is 1.30. The summed E-state index contributed by atoms with van der Waals surface area (Å²) in [6, 6.07) is 17.7. The van der Waals surface area contributed by atoms with Crippen molar-refractivity contribution in [3.63, 3.8) is 0 Å². The van der Waals surface area contributed by atoms with E-state index in [-0.39, 0.29) is 11.7 Å². The molecule has 0 unspecified atom stereocenters. The molecule has 1 aliphatic heterocycles. The van der Waals surface area contributed by atoms with Crippen molar-refractivity contribution < 1.29 is 13.9 Å². The van der Waals surface area contributed by atoms with Crippen LogP contribution in [-0.2, 0) is 4.79 Å². The fraction of sp³-hybridized carbons (Fsp3) is 0.130. The molecule has 9 heteroatoms. The first-order chi connectivity index (χ1) is 15.7. The molecule has 7 nitrogen and oxygen atoms in total. The normalized spacial score (nSPS) is 12.8. The molecule has 2 aromatic heterocycles. The molecule has 0 saturated carbocycles. The first-order valence-corrected chi connectivity index (χ1v) is 11.0. The molecule has 160 valence electrons. The molecular formula is C23H18FN5O2S. The molecule has 0 N–H and O–H groups in total. The van der Waals surface area contributed by atoms with E-state index in [0.29, 0.717) is 35.6 Å². The van der Waals surface area contributed by atoms with Gasteiger partial charge in [0.25, 0.3) is 0 Å². The number of hydrogen-bond acceptors (Lipinski definition) is 6. The number of pyridine rings is 1. The summed E-state index contributed by atoms with van der Waals surface area (Å²) in [5.74, 6) is 0.657. The first kappa shape index (κ1) is 20.2. The predicted octanol–water partition coefficient (Wildman–Crippen LogP) is 3.99. The summed E-state index contributed by atoms with van der Waals surface area (Å²) in [5, 5.41) is 9.30. The van der Waals surface area contributed by atoms with Gasteiger partial charge in [-0.2, -0.15) is 0 Å². The van der Waals surface area contributed by atoms with E-state index in [1.807, 2.05) is 47.0 Å². The SMILES string of the molecule is O=C(CSc1nnc(-c2cccnc2)n1-c1ccccc1)N1CCOc2cc(F)ccc21. The summed E-state index contributed by atoms with van der Waals surface area (Å²) in [6.07, 6.45) is 3.43. The van der Waals surface area contributed by atoms with Crippen LogP contribution < -0.4 is 9.64 Å². The van der Waals surface area contributed by atoms with Gasteiger partial charge in [-0.15, -0.1) is 10.2 Å². The fourth-order valence-electron chi connectivity index (χ4n) is 3.51. The molecule has 0 aliphatic carbocycles. The monoisotopic (exact) mass is 447 g/mol. The minimum Gasteiger partial charge on any atom is -0.489 e. The van der Waals surface area contributed by atoms with Crippen molar-refractivity contribution in [2.75, 3.05) is 23.8 Å². The molecule has 0 radical (unpaired) electrons. The number of para-hydroxylation sites is 1. The third-order valence-electron chi connectivity index (χ3n) is 4.98. The minimum atomic E-state index is -0.397. The van der Waals surface area contributed by atoms with Gasteiger partial charge >= 0.3 is 0 Å². The second kappa shape index (κ2) is 8.80. The Morgan fingerprint density at radius 2 is 1.97 bits per heavy atom. The van der Waals surface area contributed by atoms with Crippen molar-refractivity contribution in [2.24, 2.45) is 0 Å². The van der Waals surface area contributed by atoms with Crippen LogP contribution in [0.2, 0.25) is 0 Å². The van der Waals surface area contributed by atoms with E-state index in [9.17, 15) is 9.18 Å². The lowest BCUT2D eigenvalue weighted by Crippen LogP contribution is -2.39. The van der Waals surface area contributed by atoms with Gasteiger partial charge in [-0.3, -0.25) is 14.3 Å². The fourth-order valence-corrected chi connectivity index (χ4v) is 4.34. The molecule has 1 aliphatic rings. The molecule has 4 aromatic rings. The Bertz CT molecular complexity index is 1250.